The number of pyridine rings is 1. The van der Waals surface area contributed by atoms with Gasteiger partial charge in [-0.25, -0.2) is 4.98 Å². The van der Waals surface area contributed by atoms with Gasteiger partial charge in [-0.1, -0.05) is 25.2 Å². The molecule has 0 aromatic carbocycles. The Balaban J connectivity index is 2.76. The molecule has 2 nitrogen and oxygen atoms in total. The maximum absolute atomic E-state index is 4.24. The topological polar surface area (TPSA) is 28.7 Å². The lowest BCUT2D eigenvalue weighted by Crippen LogP contribution is -1.77. The van der Waals surface area contributed by atoms with Crippen molar-refractivity contribution >= 4 is 36.3 Å². The Labute approximate surface area is 74.4 Å². The van der Waals surface area contributed by atoms with Gasteiger partial charge in [0.2, 0.25) is 0 Å². The van der Waals surface area contributed by atoms with Crippen molar-refractivity contribution in [2.45, 2.75) is 0 Å². The quantitative estimate of drug-likeness (QED) is 0.780. The summed E-state index contributed by atoms with van der Waals surface area (Å²) in [6, 6.07) is 4.18. The van der Waals surface area contributed by atoms with E-state index in [4.69, 9.17) is 0 Å². The highest BCUT2D eigenvalue weighted by atomic mass is 127. The Morgan fingerprint density at radius 3 is 3.27 bits per heavy atom. The molecule has 11 heavy (non-hydrogen) atoms. The lowest BCUT2D eigenvalue weighted by atomic mass is 10.3. The fraction of sp³-hybridized carbons (Fsp3) is 0. The van der Waals surface area contributed by atoms with Crippen LogP contribution in [0.3, 0.4) is 0 Å². The van der Waals surface area contributed by atoms with Crippen LogP contribution in [-0.4, -0.2) is 14.5 Å². The second-order valence-corrected chi connectivity index (χ2v) is 4.21. The maximum Gasteiger partial charge on any atom is 0.137 e. The van der Waals surface area contributed by atoms with Crippen LogP contribution in [0.5, 0.6) is 0 Å². The van der Waals surface area contributed by atoms with Crippen LogP contribution in [0.25, 0.3) is 11.0 Å². The minimum Gasteiger partial charge on any atom is -0.346 e. The molecule has 0 saturated carbocycles. The molecular formula is C8H7IN2. The summed E-state index contributed by atoms with van der Waals surface area (Å²) in [5.74, 6) is 0. The Morgan fingerprint density at radius 1 is 1.55 bits per heavy atom. The fourth-order valence-electron chi connectivity index (χ4n) is 0.986. The van der Waals surface area contributed by atoms with Crippen LogP contribution in [0.15, 0.2) is 24.5 Å². The molecule has 0 saturated heterocycles. The zero-order valence-electron chi connectivity index (χ0n) is 5.84. The predicted molar refractivity (Wildman–Crippen MR) is 55.9 cm³/mol. The summed E-state index contributed by atoms with van der Waals surface area (Å²) < 4.78 is 5.19. The Morgan fingerprint density at radius 2 is 2.45 bits per heavy atom. The standard InChI is InChI=1S/C8H7IN2/c1-9-7-4-6-2-3-10-8(6)11-5-7/h2-5H,1H2,(H,10,11). The molecule has 0 spiro atoms. The van der Waals surface area contributed by atoms with E-state index in [1.807, 2.05) is 18.5 Å². The molecule has 0 bridgehead atoms. The van der Waals surface area contributed by atoms with Crippen molar-refractivity contribution in [1.29, 1.82) is 0 Å². The van der Waals surface area contributed by atoms with Crippen LogP contribution in [0, 0.1) is 3.57 Å². The molecular weight excluding hydrogens is 251 g/mol. The van der Waals surface area contributed by atoms with E-state index >= 15 is 0 Å². The molecule has 2 aromatic rings. The lowest BCUT2D eigenvalue weighted by Gasteiger charge is -1.90. The number of fused-ring (bicyclic) bond motifs is 1. The van der Waals surface area contributed by atoms with Gasteiger partial charge in [0.15, 0.2) is 0 Å². The average molecular weight is 258 g/mol. The smallest absolute Gasteiger partial charge is 0.137 e. The Kier molecular flexibility index (Phi) is 1.73. The Bertz CT molecular complexity index is 392. The first kappa shape index (κ1) is 6.97. The van der Waals surface area contributed by atoms with Crippen molar-refractivity contribution in [3.63, 3.8) is 0 Å². The molecule has 0 atom stereocenters. The van der Waals surface area contributed by atoms with E-state index in [1.165, 1.54) is 8.96 Å². The van der Waals surface area contributed by atoms with Gasteiger partial charge in [-0.2, -0.15) is 0 Å². The first-order valence-electron chi connectivity index (χ1n) is 3.21. The third kappa shape index (κ3) is 1.20. The summed E-state index contributed by atoms with van der Waals surface area (Å²) in [7, 11) is 0. The lowest BCUT2D eigenvalue weighted by molar-refractivity contribution is 1.31. The van der Waals surface area contributed by atoms with E-state index in [0.29, 0.717) is 0 Å². The summed E-state index contributed by atoms with van der Waals surface area (Å²) in [6.45, 7) is 0. The van der Waals surface area contributed by atoms with Crippen molar-refractivity contribution in [1.82, 2.24) is 9.97 Å². The van der Waals surface area contributed by atoms with E-state index in [-0.39, 0.29) is 20.7 Å². The molecule has 2 aromatic heterocycles. The van der Waals surface area contributed by atoms with Crippen LogP contribution in [0.1, 0.15) is 0 Å². The van der Waals surface area contributed by atoms with Crippen LogP contribution >= 0.6 is 20.7 Å². The van der Waals surface area contributed by atoms with Crippen LogP contribution in [-0.2, 0) is 0 Å². The molecule has 0 unspecified atom stereocenters. The summed E-state index contributed by atoms with van der Waals surface area (Å²) >= 11 is -0.0727. The molecule has 2 heterocycles. The van der Waals surface area contributed by atoms with Gasteiger partial charge in [-0.05, 0) is 12.1 Å². The van der Waals surface area contributed by atoms with Gasteiger partial charge in [0.05, 0.1) is 0 Å². The SMILES string of the molecule is C=Ic1cnc2[nH]ccc2c1. The van der Waals surface area contributed by atoms with Gasteiger partial charge >= 0.3 is 0 Å². The molecule has 1 N–H and O–H groups in total. The normalized spacial score (nSPS) is 10.5. The number of rotatable bonds is 1. The molecule has 0 fully saturated rings. The zero-order chi connectivity index (χ0) is 7.68. The van der Waals surface area contributed by atoms with E-state index < -0.39 is 0 Å². The number of aromatic nitrogens is 2. The van der Waals surface area contributed by atoms with E-state index in [0.717, 1.165) is 5.65 Å². The van der Waals surface area contributed by atoms with E-state index in [9.17, 15) is 0 Å². The third-order valence-corrected chi connectivity index (χ3v) is 2.99. The molecule has 3 heteroatoms. The largest absolute Gasteiger partial charge is 0.346 e. The van der Waals surface area contributed by atoms with Gasteiger partial charge in [0.25, 0.3) is 0 Å². The number of nitrogens with zero attached hydrogens (tertiary/aromatic N) is 1. The van der Waals surface area contributed by atoms with Gasteiger partial charge < -0.3 is 4.98 Å². The highest BCUT2D eigenvalue weighted by Gasteiger charge is 1.94. The Hall–Kier alpha value is -0.710. The monoisotopic (exact) mass is 258 g/mol. The first-order chi connectivity index (χ1) is 5.40. The molecule has 0 amide bonds. The molecule has 56 valence electrons. The minimum absolute atomic E-state index is 0.0727. The maximum atomic E-state index is 4.24. The van der Waals surface area contributed by atoms with E-state index in [1.54, 1.807) is 0 Å². The highest BCUT2D eigenvalue weighted by Crippen LogP contribution is 2.14. The summed E-state index contributed by atoms with van der Waals surface area (Å²) in [5.41, 5.74) is 0.964. The number of H-pyrrole nitrogens is 1. The predicted octanol–water partition coefficient (Wildman–Crippen LogP) is 2.14. The van der Waals surface area contributed by atoms with Gasteiger partial charge in [-0.3, -0.25) is 0 Å². The van der Waals surface area contributed by atoms with Gasteiger partial charge in [0.1, 0.15) is 5.65 Å². The van der Waals surface area contributed by atoms with Crippen molar-refractivity contribution in [2.75, 3.05) is 0 Å². The second kappa shape index (κ2) is 2.73. The molecule has 0 radical (unpaired) electrons. The number of nitrogens with one attached hydrogen (secondary N) is 1. The van der Waals surface area contributed by atoms with E-state index in [2.05, 4.69) is 20.5 Å². The van der Waals surface area contributed by atoms with Gasteiger partial charge in [0, 0.05) is 21.4 Å². The zero-order valence-corrected chi connectivity index (χ0v) is 8.00. The van der Waals surface area contributed by atoms with Crippen LogP contribution < -0.4 is 0 Å². The summed E-state index contributed by atoms with van der Waals surface area (Å²) in [4.78, 5) is 7.30. The molecule has 0 aliphatic heterocycles. The fourth-order valence-corrected chi connectivity index (χ4v) is 1.88. The highest BCUT2D eigenvalue weighted by molar-refractivity contribution is 14.2. The molecule has 0 aliphatic carbocycles. The van der Waals surface area contributed by atoms with Gasteiger partial charge in [-0.15, -0.1) is 0 Å². The number of hydrogen-bond acceptors (Lipinski definition) is 1. The third-order valence-electron chi connectivity index (χ3n) is 1.52. The van der Waals surface area contributed by atoms with Crippen molar-refractivity contribution in [2.24, 2.45) is 0 Å². The first-order valence-corrected chi connectivity index (χ1v) is 5.82. The number of hydrogen-bond donors (Lipinski definition) is 1. The number of halogens is 1. The number of aromatic amines is 1. The molecule has 0 aliphatic rings. The van der Waals surface area contributed by atoms with Crippen LogP contribution in [0.4, 0.5) is 0 Å². The van der Waals surface area contributed by atoms with Crippen molar-refractivity contribution < 1.29 is 0 Å². The minimum atomic E-state index is -0.0727. The van der Waals surface area contributed by atoms with Crippen molar-refractivity contribution in [3.05, 3.63) is 28.1 Å². The summed E-state index contributed by atoms with van der Waals surface area (Å²) in [5, 5.41) is 1.19. The average Bonchev–Trinajstić information content (AvgIpc) is 2.50. The second-order valence-electron chi connectivity index (χ2n) is 2.20. The summed E-state index contributed by atoms with van der Waals surface area (Å²) in [6.07, 6.45) is 3.81. The van der Waals surface area contributed by atoms with Crippen LogP contribution in [0.2, 0.25) is 0 Å². The molecule has 2 rings (SSSR count). The van der Waals surface area contributed by atoms with Crippen molar-refractivity contribution in [3.8, 4) is 0 Å².